The molecule has 1 amide bonds. The Balaban J connectivity index is 1.75. The van der Waals surface area contributed by atoms with Gasteiger partial charge in [-0.3, -0.25) is 4.79 Å². The van der Waals surface area contributed by atoms with E-state index < -0.39 is 0 Å². The second kappa shape index (κ2) is 4.94. The molecule has 0 aliphatic carbocycles. The molecule has 1 aliphatic rings. The van der Waals surface area contributed by atoms with Crippen molar-refractivity contribution in [2.75, 3.05) is 11.4 Å². The van der Waals surface area contributed by atoms with Gasteiger partial charge in [0.15, 0.2) is 0 Å². The van der Waals surface area contributed by atoms with Crippen molar-refractivity contribution in [3.8, 4) is 0 Å². The molecule has 5 heteroatoms. The molecule has 110 valence electrons. The van der Waals surface area contributed by atoms with Crippen LogP contribution in [0.5, 0.6) is 0 Å². The first-order valence-corrected chi connectivity index (χ1v) is 7.44. The first-order valence-electron chi connectivity index (χ1n) is 7.44. The summed E-state index contributed by atoms with van der Waals surface area (Å²) in [7, 11) is 0. The number of H-pyrrole nitrogens is 1. The topological polar surface area (TPSA) is 61.9 Å². The van der Waals surface area contributed by atoms with Crippen LogP contribution in [0.4, 0.5) is 5.69 Å². The minimum Gasteiger partial charge on any atom is -0.308 e. The van der Waals surface area contributed by atoms with Gasteiger partial charge in [-0.15, -0.1) is 0 Å². The summed E-state index contributed by atoms with van der Waals surface area (Å²) in [6, 6.07) is 11.8. The lowest BCUT2D eigenvalue weighted by molar-refractivity contribution is 0.0985. The number of carbonyl (C=O) groups is 1. The van der Waals surface area contributed by atoms with Gasteiger partial charge < -0.3 is 4.90 Å². The zero-order valence-electron chi connectivity index (χ0n) is 12.3. The molecule has 2 aromatic carbocycles. The van der Waals surface area contributed by atoms with Crippen molar-refractivity contribution >= 4 is 22.6 Å². The number of fused-ring (bicyclic) bond motifs is 2. The van der Waals surface area contributed by atoms with E-state index in [0.29, 0.717) is 11.1 Å². The van der Waals surface area contributed by atoms with E-state index in [2.05, 4.69) is 40.5 Å². The Kier molecular flexibility index (Phi) is 2.92. The van der Waals surface area contributed by atoms with Crippen molar-refractivity contribution in [3.05, 3.63) is 53.1 Å². The van der Waals surface area contributed by atoms with Gasteiger partial charge in [0.05, 0.1) is 0 Å². The lowest BCUT2D eigenvalue weighted by Gasteiger charge is -2.30. The summed E-state index contributed by atoms with van der Waals surface area (Å²) in [5.74, 6) is 0.0245. The van der Waals surface area contributed by atoms with Crippen LogP contribution in [-0.2, 0) is 6.42 Å². The van der Waals surface area contributed by atoms with Gasteiger partial charge in [-0.25, -0.2) is 0 Å². The van der Waals surface area contributed by atoms with Crippen LogP contribution in [0, 0.1) is 6.92 Å². The molecule has 0 spiro atoms. The third-order valence-corrected chi connectivity index (χ3v) is 4.17. The Morgan fingerprint density at radius 1 is 1.14 bits per heavy atom. The summed E-state index contributed by atoms with van der Waals surface area (Å²) >= 11 is 0. The number of aryl methyl sites for hydroxylation is 2. The summed E-state index contributed by atoms with van der Waals surface area (Å²) in [5, 5.41) is 10.7. The highest BCUT2D eigenvalue weighted by molar-refractivity contribution is 6.08. The van der Waals surface area contributed by atoms with Gasteiger partial charge in [0.25, 0.3) is 5.91 Å². The van der Waals surface area contributed by atoms with E-state index in [-0.39, 0.29) is 5.91 Å². The van der Waals surface area contributed by atoms with Gasteiger partial charge >= 0.3 is 0 Å². The predicted molar refractivity (Wildman–Crippen MR) is 85.1 cm³/mol. The maximum Gasteiger partial charge on any atom is 0.258 e. The number of rotatable bonds is 1. The zero-order chi connectivity index (χ0) is 15.1. The van der Waals surface area contributed by atoms with E-state index in [4.69, 9.17) is 0 Å². The fourth-order valence-corrected chi connectivity index (χ4v) is 3.02. The number of nitrogens with zero attached hydrogens (tertiary/aromatic N) is 3. The molecule has 2 heterocycles. The molecule has 3 aromatic rings. The predicted octanol–water partition coefficient (Wildman–Crippen LogP) is 2.86. The number of nitrogens with one attached hydrogen (secondary N) is 1. The van der Waals surface area contributed by atoms with Crippen molar-refractivity contribution < 1.29 is 4.79 Å². The number of aromatic amines is 1. The van der Waals surface area contributed by atoms with E-state index in [0.717, 1.165) is 30.6 Å². The van der Waals surface area contributed by atoms with Gasteiger partial charge in [-0.1, -0.05) is 12.1 Å². The van der Waals surface area contributed by atoms with Crippen LogP contribution < -0.4 is 4.90 Å². The van der Waals surface area contributed by atoms with Gasteiger partial charge in [-0.05, 0) is 55.2 Å². The number of hydrogen-bond acceptors (Lipinski definition) is 3. The maximum atomic E-state index is 12.9. The molecule has 0 atom stereocenters. The molecular formula is C17H16N4O. The number of benzene rings is 2. The van der Waals surface area contributed by atoms with E-state index in [1.807, 2.05) is 17.0 Å². The quantitative estimate of drug-likeness (QED) is 0.750. The van der Waals surface area contributed by atoms with Crippen LogP contribution >= 0.6 is 0 Å². The summed E-state index contributed by atoms with van der Waals surface area (Å²) in [6.45, 7) is 2.81. The Hall–Kier alpha value is -2.69. The monoisotopic (exact) mass is 292 g/mol. The largest absolute Gasteiger partial charge is 0.308 e. The number of anilines is 1. The Bertz CT molecular complexity index is 868. The van der Waals surface area contributed by atoms with E-state index in [9.17, 15) is 4.79 Å². The van der Waals surface area contributed by atoms with E-state index in [1.165, 1.54) is 11.1 Å². The Morgan fingerprint density at radius 3 is 2.91 bits per heavy atom. The molecular weight excluding hydrogens is 276 g/mol. The molecule has 1 aliphatic heterocycles. The van der Waals surface area contributed by atoms with Crippen LogP contribution in [0.25, 0.3) is 11.0 Å². The zero-order valence-corrected chi connectivity index (χ0v) is 12.3. The maximum absolute atomic E-state index is 12.9. The second-order valence-corrected chi connectivity index (χ2v) is 5.72. The fraction of sp³-hybridized carbons (Fsp3) is 0.235. The number of aromatic nitrogens is 3. The van der Waals surface area contributed by atoms with Crippen LogP contribution in [0.1, 0.15) is 27.9 Å². The average molecular weight is 292 g/mol. The van der Waals surface area contributed by atoms with Crippen molar-refractivity contribution in [2.24, 2.45) is 0 Å². The third-order valence-electron chi connectivity index (χ3n) is 4.17. The first-order chi connectivity index (χ1) is 10.7. The molecule has 0 fully saturated rings. The summed E-state index contributed by atoms with van der Waals surface area (Å²) in [4.78, 5) is 14.8. The Morgan fingerprint density at radius 2 is 2.00 bits per heavy atom. The number of hydrogen-bond donors (Lipinski definition) is 1. The van der Waals surface area contributed by atoms with Crippen LogP contribution in [-0.4, -0.2) is 27.9 Å². The molecule has 4 rings (SSSR count). The van der Waals surface area contributed by atoms with Crippen molar-refractivity contribution in [1.82, 2.24) is 15.4 Å². The number of amides is 1. The van der Waals surface area contributed by atoms with Crippen molar-refractivity contribution in [3.63, 3.8) is 0 Å². The van der Waals surface area contributed by atoms with E-state index >= 15 is 0 Å². The molecule has 5 nitrogen and oxygen atoms in total. The third kappa shape index (κ3) is 2.06. The lowest BCUT2D eigenvalue weighted by Crippen LogP contribution is -2.35. The van der Waals surface area contributed by atoms with Gasteiger partial charge in [0.2, 0.25) is 0 Å². The van der Waals surface area contributed by atoms with Crippen LogP contribution in [0.15, 0.2) is 36.4 Å². The summed E-state index contributed by atoms with van der Waals surface area (Å²) < 4.78 is 0. The van der Waals surface area contributed by atoms with Crippen molar-refractivity contribution in [1.29, 1.82) is 0 Å². The molecule has 0 unspecified atom stereocenters. The number of carbonyl (C=O) groups excluding carboxylic acids is 1. The lowest BCUT2D eigenvalue weighted by atomic mass is 9.99. The summed E-state index contributed by atoms with van der Waals surface area (Å²) in [6.07, 6.45) is 2.02. The molecule has 0 saturated heterocycles. The average Bonchev–Trinajstić information content (AvgIpc) is 3.01. The molecule has 1 N–H and O–H groups in total. The molecule has 0 bridgehead atoms. The highest BCUT2D eigenvalue weighted by atomic mass is 16.2. The molecule has 0 saturated carbocycles. The SMILES string of the molecule is Cc1ccc2c(c1)N(C(=O)c1ccc3n[nH]nc3c1)CCC2. The van der Waals surface area contributed by atoms with Crippen LogP contribution in [0.3, 0.4) is 0 Å². The van der Waals surface area contributed by atoms with Crippen LogP contribution in [0.2, 0.25) is 0 Å². The molecule has 22 heavy (non-hydrogen) atoms. The molecule has 0 radical (unpaired) electrons. The smallest absolute Gasteiger partial charge is 0.258 e. The minimum atomic E-state index is 0.0245. The van der Waals surface area contributed by atoms with E-state index in [1.54, 1.807) is 6.07 Å². The fourth-order valence-electron chi connectivity index (χ4n) is 3.02. The summed E-state index contributed by atoms with van der Waals surface area (Å²) in [5.41, 5.74) is 5.59. The van der Waals surface area contributed by atoms with Gasteiger partial charge in [0, 0.05) is 17.8 Å². The molecule has 1 aromatic heterocycles. The van der Waals surface area contributed by atoms with Gasteiger partial charge in [0.1, 0.15) is 11.0 Å². The standard InChI is InChI=1S/C17H16N4O/c1-11-4-5-12-3-2-8-21(16(12)9-11)17(22)13-6-7-14-15(10-13)19-20-18-14/h4-7,9-10H,2-3,8H2,1H3,(H,18,19,20). The second-order valence-electron chi connectivity index (χ2n) is 5.72. The van der Waals surface area contributed by atoms with Crippen molar-refractivity contribution in [2.45, 2.75) is 19.8 Å². The minimum absolute atomic E-state index is 0.0245. The normalized spacial score (nSPS) is 14.1. The highest BCUT2D eigenvalue weighted by Crippen LogP contribution is 2.29. The Labute approximate surface area is 127 Å². The first kappa shape index (κ1) is 13.0. The highest BCUT2D eigenvalue weighted by Gasteiger charge is 2.24. The van der Waals surface area contributed by atoms with Gasteiger partial charge in [-0.2, -0.15) is 15.4 Å².